The number of carbonyl (C=O) groups excluding carboxylic acids is 1. The molecular weight excluding hydrogens is 150 g/mol. The summed E-state index contributed by atoms with van der Waals surface area (Å²) in [5.74, 6) is 0.797. The van der Waals surface area contributed by atoms with Crippen molar-refractivity contribution in [3.63, 3.8) is 0 Å². The van der Waals surface area contributed by atoms with Crippen LogP contribution in [-0.4, -0.2) is 38.0 Å². The molecule has 1 unspecified atom stereocenters. The van der Waals surface area contributed by atoms with E-state index in [-0.39, 0.29) is 0 Å². The fraction of sp³-hybridized carbons (Fsp3) is 0.700. The lowest BCUT2D eigenvalue weighted by atomic mass is 10.1. The summed E-state index contributed by atoms with van der Waals surface area (Å²) in [6, 6.07) is 0. The first kappa shape index (κ1) is 9.46. The maximum Gasteiger partial charge on any atom is 0.159 e. The molecule has 0 fully saturated rings. The molecule has 1 aliphatic carbocycles. The number of rotatable bonds is 2. The van der Waals surface area contributed by atoms with Crippen molar-refractivity contribution in [2.24, 2.45) is 5.92 Å². The molecule has 0 heterocycles. The molecule has 0 aromatic heterocycles. The van der Waals surface area contributed by atoms with Crippen molar-refractivity contribution in [2.45, 2.75) is 13.3 Å². The van der Waals surface area contributed by atoms with Gasteiger partial charge in [-0.25, -0.2) is 0 Å². The lowest BCUT2D eigenvalue weighted by Crippen LogP contribution is -2.38. The lowest BCUT2D eigenvalue weighted by molar-refractivity contribution is -0.872. The van der Waals surface area contributed by atoms with E-state index < -0.39 is 0 Å². The maximum atomic E-state index is 11.2. The van der Waals surface area contributed by atoms with Crippen LogP contribution in [0.2, 0.25) is 0 Å². The molecule has 1 atom stereocenters. The molecule has 1 rings (SSSR count). The monoisotopic (exact) mass is 168 g/mol. The zero-order valence-electron chi connectivity index (χ0n) is 8.42. The lowest BCUT2D eigenvalue weighted by Gasteiger charge is -2.26. The zero-order chi connectivity index (χ0) is 9.35. The minimum Gasteiger partial charge on any atom is -0.330 e. The van der Waals surface area contributed by atoms with Crippen LogP contribution >= 0.6 is 0 Å². The van der Waals surface area contributed by atoms with E-state index in [1.54, 1.807) is 0 Å². The summed E-state index contributed by atoms with van der Waals surface area (Å²) in [6.07, 6.45) is 2.84. The number of Topliss-reactive ketones (excluding diaryl/α,β-unsaturated/α-hetero) is 1. The predicted octanol–water partition coefficient (Wildman–Crippen LogP) is 1.23. The molecule has 0 spiro atoms. The Morgan fingerprint density at radius 1 is 1.50 bits per heavy atom. The van der Waals surface area contributed by atoms with Gasteiger partial charge >= 0.3 is 0 Å². The number of hydrogen-bond donors (Lipinski definition) is 0. The number of nitrogens with zero attached hydrogens (tertiary/aromatic N) is 1. The normalized spacial score (nSPS) is 24.5. The Kier molecular flexibility index (Phi) is 2.38. The second kappa shape index (κ2) is 3.02. The average Bonchev–Trinajstić information content (AvgIpc) is 2.07. The minimum atomic E-state index is 0.327. The Morgan fingerprint density at radius 2 is 2.08 bits per heavy atom. The van der Waals surface area contributed by atoms with E-state index in [4.69, 9.17) is 0 Å². The van der Waals surface area contributed by atoms with Gasteiger partial charge in [-0.15, -0.1) is 0 Å². The van der Waals surface area contributed by atoms with Crippen LogP contribution in [0, 0.1) is 5.92 Å². The van der Waals surface area contributed by atoms with Gasteiger partial charge in [-0.05, 0) is 12.5 Å². The van der Waals surface area contributed by atoms with E-state index in [0.717, 1.165) is 23.0 Å². The fourth-order valence-electron chi connectivity index (χ4n) is 1.73. The van der Waals surface area contributed by atoms with Gasteiger partial charge in [0.15, 0.2) is 5.78 Å². The molecule has 0 bridgehead atoms. The van der Waals surface area contributed by atoms with Crippen LogP contribution in [0.15, 0.2) is 11.6 Å². The zero-order valence-corrected chi connectivity index (χ0v) is 8.42. The van der Waals surface area contributed by atoms with Crippen molar-refractivity contribution in [1.82, 2.24) is 0 Å². The number of hydrogen-bond acceptors (Lipinski definition) is 1. The van der Waals surface area contributed by atoms with Crippen LogP contribution in [0.5, 0.6) is 0 Å². The molecule has 0 aliphatic heterocycles. The van der Waals surface area contributed by atoms with Crippen LogP contribution in [0.1, 0.15) is 13.3 Å². The van der Waals surface area contributed by atoms with Gasteiger partial charge in [0.25, 0.3) is 0 Å². The van der Waals surface area contributed by atoms with Crippen LogP contribution in [0.25, 0.3) is 0 Å². The fourth-order valence-corrected chi connectivity index (χ4v) is 1.73. The summed E-state index contributed by atoms with van der Waals surface area (Å²) in [4.78, 5) is 11.2. The van der Waals surface area contributed by atoms with Crippen molar-refractivity contribution >= 4 is 5.78 Å². The summed E-state index contributed by atoms with van der Waals surface area (Å²) in [7, 11) is 6.48. The molecule has 2 heteroatoms. The third-order valence-corrected chi connectivity index (χ3v) is 2.16. The molecule has 0 N–H and O–H groups in total. The summed E-state index contributed by atoms with van der Waals surface area (Å²) in [5.41, 5.74) is 0.952. The second-order valence-corrected chi connectivity index (χ2v) is 4.71. The molecule has 0 amide bonds. The molecule has 0 saturated carbocycles. The highest BCUT2D eigenvalue weighted by Gasteiger charge is 2.25. The molecule has 12 heavy (non-hydrogen) atoms. The van der Waals surface area contributed by atoms with Crippen LogP contribution in [0.3, 0.4) is 0 Å². The summed E-state index contributed by atoms with van der Waals surface area (Å²) in [5, 5.41) is 0. The summed E-state index contributed by atoms with van der Waals surface area (Å²) < 4.78 is 0.932. The smallest absolute Gasteiger partial charge is 0.159 e. The van der Waals surface area contributed by atoms with Gasteiger partial charge in [-0.2, -0.15) is 0 Å². The number of quaternary nitrogens is 1. The second-order valence-electron chi connectivity index (χ2n) is 4.71. The highest BCUT2D eigenvalue weighted by molar-refractivity contribution is 5.97. The molecule has 2 nitrogen and oxygen atoms in total. The van der Waals surface area contributed by atoms with Crippen LogP contribution < -0.4 is 0 Å². The third kappa shape index (κ3) is 2.45. The Balaban J connectivity index is 2.54. The Labute approximate surface area is 74.5 Å². The summed E-state index contributed by atoms with van der Waals surface area (Å²) in [6.45, 7) is 2.97. The van der Waals surface area contributed by atoms with E-state index in [1.807, 2.05) is 6.92 Å². The molecule has 0 aromatic rings. The maximum absolute atomic E-state index is 11.2. The SMILES string of the molecule is CC1=CC(C[N+](C)(C)C)CC1=O. The first-order chi connectivity index (χ1) is 5.38. The highest BCUT2D eigenvalue weighted by atomic mass is 16.1. The molecule has 0 saturated heterocycles. The van der Waals surface area contributed by atoms with Crippen LogP contribution in [0.4, 0.5) is 0 Å². The topological polar surface area (TPSA) is 17.1 Å². The van der Waals surface area contributed by atoms with Crippen molar-refractivity contribution < 1.29 is 9.28 Å². The van der Waals surface area contributed by atoms with Gasteiger partial charge in [-0.3, -0.25) is 4.79 Å². The van der Waals surface area contributed by atoms with E-state index >= 15 is 0 Å². The summed E-state index contributed by atoms with van der Waals surface area (Å²) >= 11 is 0. The number of ketones is 1. The quantitative estimate of drug-likeness (QED) is 0.567. The Morgan fingerprint density at radius 3 is 2.42 bits per heavy atom. The molecule has 68 valence electrons. The number of allylic oxidation sites excluding steroid dienone is 1. The van der Waals surface area contributed by atoms with E-state index in [1.165, 1.54) is 0 Å². The predicted molar refractivity (Wildman–Crippen MR) is 49.8 cm³/mol. The largest absolute Gasteiger partial charge is 0.330 e. The van der Waals surface area contributed by atoms with Gasteiger partial charge in [-0.1, -0.05) is 6.08 Å². The van der Waals surface area contributed by atoms with E-state index in [0.29, 0.717) is 11.7 Å². The first-order valence-corrected chi connectivity index (χ1v) is 4.40. The molecule has 0 radical (unpaired) electrons. The van der Waals surface area contributed by atoms with Crippen molar-refractivity contribution in [2.75, 3.05) is 27.7 Å². The molecular formula is C10H18NO+. The Bertz CT molecular complexity index is 222. The third-order valence-electron chi connectivity index (χ3n) is 2.16. The van der Waals surface area contributed by atoms with Crippen molar-refractivity contribution in [3.8, 4) is 0 Å². The Hall–Kier alpha value is -0.630. The van der Waals surface area contributed by atoms with Gasteiger partial charge < -0.3 is 4.48 Å². The van der Waals surface area contributed by atoms with Crippen molar-refractivity contribution in [3.05, 3.63) is 11.6 Å². The molecule has 0 aromatic carbocycles. The van der Waals surface area contributed by atoms with E-state index in [9.17, 15) is 4.79 Å². The standard InChI is InChI=1S/C10H18NO/c1-8-5-9(6-10(8)12)7-11(2,3)4/h5,9H,6-7H2,1-4H3/q+1. The van der Waals surface area contributed by atoms with Gasteiger partial charge in [0, 0.05) is 12.3 Å². The van der Waals surface area contributed by atoms with E-state index in [2.05, 4.69) is 27.2 Å². The van der Waals surface area contributed by atoms with Gasteiger partial charge in [0.1, 0.15) is 0 Å². The molecule has 1 aliphatic rings. The number of carbonyl (C=O) groups is 1. The van der Waals surface area contributed by atoms with Crippen LogP contribution in [-0.2, 0) is 4.79 Å². The highest BCUT2D eigenvalue weighted by Crippen LogP contribution is 2.21. The van der Waals surface area contributed by atoms with Crippen molar-refractivity contribution in [1.29, 1.82) is 0 Å². The van der Waals surface area contributed by atoms with Gasteiger partial charge in [0.2, 0.25) is 0 Å². The minimum absolute atomic E-state index is 0.327. The average molecular weight is 168 g/mol. The first-order valence-electron chi connectivity index (χ1n) is 4.40. The van der Waals surface area contributed by atoms with Gasteiger partial charge in [0.05, 0.1) is 27.7 Å².